The fourth-order valence-corrected chi connectivity index (χ4v) is 4.02. The van der Waals surface area contributed by atoms with E-state index in [9.17, 15) is 9.18 Å². The van der Waals surface area contributed by atoms with Crippen LogP contribution in [0.15, 0.2) is 60.9 Å². The molecule has 4 aromatic rings. The molecule has 0 unspecified atom stereocenters. The molecular formula is C24H22FN5O. The van der Waals surface area contributed by atoms with E-state index in [1.807, 2.05) is 42.5 Å². The smallest absolute Gasteiger partial charge is 0.276 e. The van der Waals surface area contributed by atoms with Crippen molar-refractivity contribution in [3.63, 3.8) is 0 Å². The molecule has 0 radical (unpaired) electrons. The predicted molar refractivity (Wildman–Crippen MR) is 118 cm³/mol. The molecule has 3 heterocycles. The van der Waals surface area contributed by atoms with Gasteiger partial charge in [0.25, 0.3) is 5.91 Å². The minimum Gasteiger partial charge on any atom is -0.321 e. The molecule has 5 rings (SSSR count). The number of halogens is 1. The van der Waals surface area contributed by atoms with Crippen LogP contribution in [0.25, 0.3) is 22.0 Å². The van der Waals surface area contributed by atoms with Gasteiger partial charge in [0.15, 0.2) is 5.69 Å². The number of aromatic amines is 1. The van der Waals surface area contributed by atoms with E-state index < -0.39 is 5.82 Å². The highest BCUT2D eigenvalue weighted by atomic mass is 19.1. The molecule has 0 bridgehead atoms. The van der Waals surface area contributed by atoms with Gasteiger partial charge in [-0.25, -0.2) is 4.39 Å². The number of likely N-dealkylation sites (tertiary alicyclic amines) is 1. The number of pyridine rings is 1. The van der Waals surface area contributed by atoms with Gasteiger partial charge in [-0.1, -0.05) is 18.2 Å². The highest BCUT2D eigenvalue weighted by molar-refractivity contribution is 6.11. The van der Waals surface area contributed by atoms with Gasteiger partial charge in [0.05, 0.1) is 11.7 Å². The molecule has 0 spiro atoms. The van der Waals surface area contributed by atoms with E-state index in [0.29, 0.717) is 16.6 Å². The fourth-order valence-electron chi connectivity index (χ4n) is 4.02. The maximum atomic E-state index is 13.6. The van der Waals surface area contributed by atoms with E-state index in [1.54, 1.807) is 6.20 Å². The maximum Gasteiger partial charge on any atom is 0.276 e. The van der Waals surface area contributed by atoms with Crippen LogP contribution >= 0.6 is 0 Å². The molecule has 0 atom stereocenters. The lowest BCUT2D eigenvalue weighted by molar-refractivity contribution is 0.102. The Kier molecular flexibility index (Phi) is 5.18. The summed E-state index contributed by atoms with van der Waals surface area (Å²) in [5.74, 6) is -0.705. The Labute approximate surface area is 179 Å². The number of rotatable bonds is 5. The first-order valence-corrected chi connectivity index (χ1v) is 10.4. The van der Waals surface area contributed by atoms with E-state index >= 15 is 0 Å². The molecule has 2 aromatic heterocycles. The van der Waals surface area contributed by atoms with Crippen molar-refractivity contribution < 1.29 is 9.18 Å². The second-order valence-corrected chi connectivity index (χ2v) is 7.86. The van der Waals surface area contributed by atoms with Crippen LogP contribution in [0.1, 0.15) is 28.9 Å². The molecule has 1 aliphatic heterocycles. The van der Waals surface area contributed by atoms with Crippen LogP contribution in [0.2, 0.25) is 0 Å². The number of hydrogen-bond acceptors (Lipinski definition) is 4. The molecule has 1 amide bonds. The molecule has 1 saturated heterocycles. The molecule has 1 aliphatic rings. The Hall–Kier alpha value is -3.58. The summed E-state index contributed by atoms with van der Waals surface area (Å²) in [7, 11) is 0. The standard InChI is InChI=1S/C24H22FN5O/c25-19-11-18(13-26-14-19)17-5-8-22-21(12-17)23(29-28-22)24(31)27-20-6-3-16(4-7-20)15-30-9-1-2-10-30/h3-8,11-14H,1-2,9-10,15H2,(H,27,31)(H,28,29). The van der Waals surface area contributed by atoms with Crippen molar-refractivity contribution in [3.05, 3.63) is 78.0 Å². The Morgan fingerprint density at radius 2 is 1.84 bits per heavy atom. The number of hydrogen-bond donors (Lipinski definition) is 2. The molecule has 0 aliphatic carbocycles. The second kappa shape index (κ2) is 8.28. The third-order valence-corrected chi connectivity index (χ3v) is 5.63. The third-order valence-electron chi connectivity index (χ3n) is 5.63. The second-order valence-electron chi connectivity index (χ2n) is 7.86. The van der Waals surface area contributed by atoms with E-state index in [1.165, 1.54) is 24.5 Å². The summed E-state index contributed by atoms with van der Waals surface area (Å²) in [6.07, 6.45) is 5.29. The average Bonchev–Trinajstić information content (AvgIpc) is 3.44. The largest absolute Gasteiger partial charge is 0.321 e. The summed E-state index contributed by atoms with van der Waals surface area (Å²) in [6.45, 7) is 3.24. The minimum atomic E-state index is -0.407. The first-order chi connectivity index (χ1) is 15.2. The van der Waals surface area contributed by atoms with Crippen molar-refractivity contribution in [2.24, 2.45) is 0 Å². The van der Waals surface area contributed by atoms with Gasteiger partial charge in [-0.15, -0.1) is 0 Å². The van der Waals surface area contributed by atoms with Gasteiger partial charge in [-0.3, -0.25) is 19.8 Å². The molecule has 156 valence electrons. The molecule has 1 fully saturated rings. The summed E-state index contributed by atoms with van der Waals surface area (Å²) < 4.78 is 13.6. The zero-order valence-electron chi connectivity index (χ0n) is 16.9. The zero-order valence-corrected chi connectivity index (χ0v) is 16.9. The summed E-state index contributed by atoms with van der Waals surface area (Å²) in [4.78, 5) is 19.2. The van der Waals surface area contributed by atoms with Crippen LogP contribution in [-0.4, -0.2) is 39.1 Å². The van der Waals surface area contributed by atoms with Crippen molar-refractivity contribution in [2.45, 2.75) is 19.4 Å². The number of nitrogens with one attached hydrogen (secondary N) is 2. The molecule has 2 N–H and O–H groups in total. The van der Waals surface area contributed by atoms with E-state index in [-0.39, 0.29) is 5.91 Å². The van der Waals surface area contributed by atoms with Gasteiger partial charge < -0.3 is 5.32 Å². The molecule has 2 aromatic carbocycles. The fraction of sp³-hybridized carbons (Fsp3) is 0.208. The van der Waals surface area contributed by atoms with Gasteiger partial charge in [0.1, 0.15) is 5.82 Å². The van der Waals surface area contributed by atoms with Crippen LogP contribution in [0, 0.1) is 5.82 Å². The van der Waals surface area contributed by atoms with E-state index in [4.69, 9.17) is 0 Å². The van der Waals surface area contributed by atoms with Crippen molar-refractivity contribution in [1.82, 2.24) is 20.1 Å². The third kappa shape index (κ3) is 4.18. The topological polar surface area (TPSA) is 73.9 Å². The maximum absolute atomic E-state index is 13.6. The number of aromatic nitrogens is 3. The Balaban J connectivity index is 1.35. The number of amides is 1. The lowest BCUT2D eigenvalue weighted by Crippen LogP contribution is -2.18. The number of anilines is 1. The number of benzene rings is 2. The highest BCUT2D eigenvalue weighted by Crippen LogP contribution is 2.26. The molecule has 31 heavy (non-hydrogen) atoms. The monoisotopic (exact) mass is 415 g/mol. The van der Waals surface area contributed by atoms with Crippen molar-refractivity contribution >= 4 is 22.5 Å². The SMILES string of the molecule is O=C(Nc1ccc(CN2CCCC2)cc1)c1n[nH]c2ccc(-c3cncc(F)c3)cc12. The van der Waals surface area contributed by atoms with Crippen molar-refractivity contribution in [1.29, 1.82) is 0 Å². The lowest BCUT2D eigenvalue weighted by atomic mass is 10.0. The van der Waals surface area contributed by atoms with Crippen molar-refractivity contribution in [2.75, 3.05) is 18.4 Å². The first kappa shape index (κ1) is 19.4. The zero-order chi connectivity index (χ0) is 21.2. The minimum absolute atomic E-state index is 0.294. The number of nitrogens with zero attached hydrogens (tertiary/aromatic N) is 3. The quantitative estimate of drug-likeness (QED) is 0.499. The van der Waals surface area contributed by atoms with Gasteiger partial charge in [-0.2, -0.15) is 5.10 Å². The Morgan fingerprint density at radius 1 is 1.03 bits per heavy atom. The number of H-pyrrole nitrogens is 1. The van der Waals surface area contributed by atoms with Crippen LogP contribution in [0.4, 0.5) is 10.1 Å². The molecule has 7 heteroatoms. The van der Waals surface area contributed by atoms with Crippen LogP contribution in [0.5, 0.6) is 0 Å². The Morgan fingerprint density at radius 3 is 2.61 bits per heavy atom. The summed E-state index contributed by atoms with van der Waals surface area (Å²) in [5.41, 5.74) is 4.39. The summed E-state index contributed by atoms with van der Waals surface area (Å²) in [5, 5.41) is 10.7. The van der Waals surface area contributed by atoms with Crippen LogP contribution in [0.3, 0.4) is 0 Å². The number of carbonyl (C=O) groups excluding carboxylic acids is 1. The van der Waals surface area contributed by atoms with Gasteiger partial charge >= 0.3 is 0 Å². The molecular weight excluding hydrogens is 393 g/mol. The molecule has 6 nitrogen and oxygen atoms in total. The Bertz CT molecular complexity index is 1230. The lowest BCUT2D eigenvalue weighted by Gasteiger charge is -2.14. The van der Waals surface area contributed by atoms with Crippen molar-refractivity contribution in [3.8, 4) is 11.1 Å². The summed E-state index contributed by atoms with van der Waals surface area (Å²) >= 11 is 0. The number of fused-ring (bicyclic) bond motifs is 1. The normalized spacial score (nSPS) is 14.2. The molecule has 0 saturated carbocycles. The first-order valence-electron chi connectivity index (χ1n) is 10.4. The van der Waals surface area contributed by atoms with Gasteiger partial charge in [0.2, 0.25) is 0 Å². The van der Waals surface area contributed by atoms with Crippen LogP contribution in [-0.2, 0) is 6.54 Å². The average molecular weight is 415 g/mol. The highest BCUT2D eigenvalue weighted by Gasteiger charge is 2.16. The van der Waals surface area contributed by atoms with Crippen LogP contribution < -0.4 is 5.32 Å². The van der Waals surface area contributed by atoms with E-state index in [2.05, 4.69) is 25.4 Å². The van der Waals surface area contributed by atoms with Gasteiger partial charge in [0, 0.05) is 29.4 Å². The predicted octanol–water partition coefficient (Wildman–Crippen LogP) is 4.61. The van der Waals surface area contributed by atoms with E-state index in [0.717, 1.165) is 42.6 Å². The number of carbonyl (C=O) groups is 1. The summed E-state index contributed by atoms with van der Waals surface area (Å²) in [6, 6.07) is 14.8. The van der Waals surface area contributed by atoms with Gasteiger partial charge in [-0.05, 0) is 67.4 Å².